The van der Waals surface area contributed by atoms with E-state index in [4.69, 9.17) is 9.47 Å². The van der Waals surface area contributed by atoms with Crippen LogP contribution < -0.4 is 19.5 Å². The summed E-state index contributed by atoms with van der Waals surface area (Å²) in [4.78, 5) is 11.6. The number of nitrogens with one attached hydrogen (secondary N) is 2. The Morgan fingerprint density at radius 1 is 1.18 bits per heavy atom. The fourth-order valence-electron chi connectivity index (χ4n) is 1.69. The van der Waals surface area contributed by atoms with Gasteiger partial charge in [-0.3, -0.25) is 4.79 Å². The molecule has 0 aliphatic heterocycles. The molecule has 0 saturated heterocycles. The zero-order chi connectivity index (χ0) is 17.0. The Bertz CT molecular complexity index is 635. The molecule has 0 spiro atoms. The number of rotatable bonds is 6. The average Bonchev–Trinajstić information content (AvgIpc) is 2.42. The van der Waals surface area contributed by atoms with Gasteiger partial charge >= 0.3 is 0 Å². The molecule has 0 atom stereocenters. The molecule has 0 unspecified atom stereocenters. The summed E-state index contributed by atoms with van der Waals surface area (Å²) in [5, 5.41) is 2.67. The Hall–Kier alpha value is -1.80. The number of carbonyl (C=O) groups excluding carboxylic acids is 1. The van der Waals surface area contributed by atoms with Gasteiger partial charge in [-0.1, -0.05) is 0 Å². The lowest BCUT2D eigenvalue weighted by molar-refractivity contribution is -0.121. The molecule has 8 heteroatoms. The molecule has 0 aromatic heterocycles. The van der Waals surface area contributed by atoms with Gasteiger partial charge < -0.3 is 14.8 Å². The maximum atomic E-state index is 12.3. The molecule has 0 aliphatic carbocycles. The Kier molecular flexibility index (Phi) is 5.78. The fraction of sp³-hybridized carbons (Fsp3) is 0.500. The second-order valence-electron chi connectivity index (χ2n) is 5.64. The van der Waals surface area contributed by atoms with Gasteiger partial charge in [-0.15, -0.1) is 0 Å². The van der Waals surface area contributed by atoms with Crippen molar-refractivity contribution in [3.05, 3.63) is 18.2 Å². The monoisotopic (exact) mass is 330 g/mol. The van der Waals surface area contributed by atoms with Crippen molar-refractivity contribution in [3.8, 4) is 11.5 Å². The van der Waals surface area contributed by atoms with E-state index in [1.165, 1.54) is 26.4 Å². The van der Waals surface area contributed by atoms with Crippen LogP contribution in [0.4, 0.5) is 0 Å². The van der Waals surface area contributed by atoms with Gasteiger partial charge in [0.25, 0.3) is 0 Å². The molecule has 0 saturated carbocycles. The molecule has 1 aromatic carbocycles. The van der Waals surface area contributed by atoms with Crippen molar-refractivity contribution in [2.24, 2.45) is 0 Å². The van der Waals surface area contributed by atoms with Crippen molar-refractivity contribution >= 4 is 15.9 Å². The zero-order valence-corrected chi connectivity index (χ0v) is 14.2. The van der Waals surface area contributed by atoms with Gasteiger partial charge in [-0.25, -0.2) is 13.1 Å². The normalized spacial score (nSPS) is 11.9. The summed E-state index contributed by atoms with van der Waals surface area (Å²) < 4.78 is 37.0. The van der Waals surface area contributed by atoms with Crippen LogP contribution >= 0.6 is 0 Å². The standard InChI is InChI=1S/C14H22N2O5S/c1-14(2,3)16-13(17)9-15-22(18,19)12-8-10(20-4)6-7-11(12)21-5/h6-8,15H,9H2,1-5H3,(H,16,17). The van der Waals surface area contributed by atoms with Crippen molar-refractivity contribution < 1.29 is 22.7 Å². The number of hydrogen-bond donors (Lipinski definition) is 2. The molecule has 0 bridgehead atoms. The van der Waals surface area contributed by atoms with Gasteiger partial charge in [0.15, 0.2) is 0 Å². The van der Waals surface area contributed by atoms with Crippen molar-refractivity contribution in [1.29, 1.82) is 0 Å². The van der Waals surface area contributed by atoms with Crippen LogP contribution in [0.2, 0.25) is 0 Å². The van der Waals surface area contributed by atoms with E-state index in [1.807, 2.05) is 20.8 Å². The molecule has 0 heterocycles. The van der Waals surface area contributed by atoms with Crippen LogP contribution in [0.25, 0.3) is 0 Å². The quantitative estimate of drug-likeness (QED) is 0.808. The summed E-state index contributed by atoms with van der Waals surface area (Å²) in [6.45, 7) is 5.07. The molecule has 0 aliphatic rings. The van der Waals surface area contributed by atoms with E-state index in [-0.39, 0.29) is 17.2 Å². The van der Waals surface area contributed by atoms with Crippen LogP contribution in [-0.2, 0) is 14.8 Å². The minimum absolute atomic E-state index is 0.0853. The lowest BCUT2D eigenvalue weighted by Gasteiger charge is -2.20. The Labute approximate surface area is 131 Å². The summed E-state index contributed by atoms with van der Waals surface area (Å²) in [5.74, 6) is 0.128. The third kappa shape index (κ3) is 5.19. The molecule has 22 heavy (non-hydrogen) atoms. The molecule has 0 radical (unpaired) electrons. The SMILES string of the molecule is COc1ccc(OC)c(S(=O)(=O)NCC(=O)NC(C)(C)C)c1. The van der Waals surface area contributed by atoms with E-state index in [9.17, 15) is 13.2 Å². The lowest BCUT2D eigenvalue weighted by atomic mass is 10.1. The minimum Gasteiger partial charge on any atom is -0.497 e. The van der Waals surface area contributed by atoms with Gasteiger partial charge in [0.1, 0.15) is 16.4 Å². The van der Waals surface area contributed by atoms with Crippen LogP contribution in [0, 0.1) is 0 Å². The predicted molar refractivity (Wildman–Crippen MR) is 82.6 cm³/mol. The Morgan fingerprint density at radius 3 is 2.32 bits per heavy atom. The lowest BCUT2D eigenvalue weighted by Crippen LogP contribution is -2.45. The second kappa shape index (κ2) is 6.97. The maximum absolute atomic E-state index is 12.3. The molecule has 1 aromatic rings. The highest BCUT2D eigenvalue weighted by atomic mass is 32.2. The number of ether oxygens (including phenoxy) is 2. The Morgan fingerprint density at radius 2 is 1.82 bits per heavy atom. The van der Waals surface area contributed by atoms with Crippen LogP contribution in [0.3, 0.4) is 0 Å². The van der Waals surface area contributed by atoms with Gasteiger partial charge in [-0.2, -0.15) is 0 Å². The summed E-state index contributed by atoms with van der Waals surface area (Å²) in [6, 6.07) is 4.41. The predicted octanol–water partition coefficient (Wildman–Crippen LogP) is 0.897. The number of hydrogen-bond acceptors (Lipinski definition) is 5. The van der Waals surface area contributed by atoms with E-state index < -0.39 is 21.5 Å². The second-order valence-corrected chi connectivity index (χ2v) is 7.37. The number of sulfonamides is 1. The van der Waals surface area contributed by atoms with E-state index in [0.29, 0.717) is 5.75 Å². The number of methoxy groups -OCH3 is 2. The third-order valence-electron chi connectivity index (χ3n) is 2.60. The molecule has 1 amide bonds. The summed E-state index contributed by atoms with van der Waals surface area (Å²) >= 11 is 0. The molecule has 7 nitrogen and oxygen atoms in total. The molecular weight excluding hydrogens is 308 g/mol. The first kappa shape index (κ1) is 18.2. The van der Waals surface area contributed by atoms with Crippen molar-refractivity contribution in [1.82, 2.24) is 10.0 Å². The van der Waals surface area contributed by atoms with E-state index in [2.05, 4.69) is 10.0 Å². The number of benzene rings is 1. The highest BCUT2D eigenvalue weighted by Gasteiger charge is 2.22. The smallest absolute Gasteiger partial charge is 0.244 e. The number of amides is 1. The molecule has 124 valence electrons. The highest BCUT2D eigenvalue weighted by molar-refractivity contribution is 7.89. The van der Waals surface area contributed by atoms with E-state index in [1.54, 1.807) is 6.07 Å². The van der Waals surface area contributed by atoms with Crippen LogP contribution in [0.15, 0.2) is 23.1 Å². The Balaban J connectivity index is 2.93. The highest BCUT2D eigenvalue weighted by Crippen LogP contribution is 2.27. The van der Waals surface area contributed by atoms with Gasteiger partial charge in [0, 0.05) is 11.6 Å². The summed E-state index contributed by atoms with van der Waals surface area (Å²) in [5.41, 5.74) is -0.434. The van der Waals surface area contributed by atoms with Crippen LogP contribution in [0.5, 0.6) is 11.5 Å². The largest absolute Gasteiger partial charge is 0.497 e. The van der Waals surface area contributed by atoms with Crippen molar-refractivity contribution in [3.63, 3.8) is 0 Å². The van der Waals surface area contributed by atoms with Gasteiger partial charge in [0.2, 0.25) is 15.9 Å². The van der Waals surface area contributed by atoms with Crippen LogP contribution in [-0.4, -0.2) is 40.6 Å². The first-order chi connectivity index (χ1) is 10.1. The van der Waals surface area contributed by atoms with E-state index >= 15 is 0 Å². The summed E-state index contributed by atoms with van der Waals surface area (Å²) in [6.07, 6.45) is 0. The zero-order valence-electron chi connectivity index (χ0n) is 13.4. The van der Waals surface area contributed by atoms with E-state index in [0.717, 1.165) is 0 Å². The van der Waals surface area contributed by atoms with Gasteiger partial charge in [0.05, 0.1) is 20.8 Å². The third-order valence-corrected chi connectivity index (χ3v) is 4.02. The molecular formula is C14H22N2O5S. The fourth-order valence-corrected chi connectivity index (χ4v) is 2.86. The minimum atomic E-state index is -3.90. The van der Waals surface area contributed by atoms with Crippen LogP contribution in [0.1, 0.15) is 20.8 Å². The first-order valence-corrected chi connectivity index (χ1v) is 8.10. The molecule has 0 fully saturated rings. The number of carbonyl (C=O) groups is 1. The molecule has 2 N–H and O–H groups in total. The average molecular weight is 330 g/mol. The maximum Gasteiger partial charge on any atom is 0.244 e. The topological polar surface area (TPSA) is 93.7 Å². The van der Waals surface area contributed by atoms with Gasteiger partial charge in [-0.05, 0) is 32.9 Å². The molecule has 1 rings (SSSR count). The van der Waals surface area contributed by atoms with Crippen molar-refractivity contribution in [2.75, 3.05) is 20.8 Å². The summed E-state index contributed by atoms with van der Waals surface area (Å²) in [7, 11) is -1.10. The van der Waals surface area contributed by atoms with Crippen molar-refractivity contribution in [2.45, 2.75) is 31.2 Å². The first-order valence-electron chi connectivity index (χ1n) is 6.62.